The van der Waals surface area contributed by atoms with Gasteiger partial charge in [0.15, 0.2) is 6.20 Å². The summed E-state index contributed by atoms with van der Waals surface area (Å²) in [5.74, 6) is 0. The molecule has 5 heteroatoms. The minimum absolute atomic E-state index is 0.267. The predicted octanol–water partition coefficient (Wildman–Crippen LogP) is 2.18. The highest BCUT2D eigenvalue weighted by molar-refractivity contribution is 6.28. The maximum Gasteiger partial charge on any atom is 0.422 e. The van der Waals surface area contributed by atoms with Crippen molar-refractivity contribution in [1.29, 1.82) is 0 Å². The van der Waals surface area contributed by atoms with Crippen LogP contribution in [0, 0.1) is 0 Å². The standard InChI is InChI=1S/C7H6ClF3N/c1-12-4-5(7(9,10)11)2-3-6(12)8/h2-4H,1H3/q+1. The molecule has 0 aliphatic rings. The zero-order chi connectivity index (χ0) is 9.35. The van der Waals surface area contributed by atoms with Crippen LogP contribution in [0.4, 0.5) is 13.2 Å². The molecule has 0 aliphatic carbocycles. The van der Waals surface area contributed by atoms with Gasteiger partial charge in [-0.05, 0) is 17.7 Å². The first-order valence-electron chi connectivity index (χ1n) is 3.13. The second-order valence-corrected chi connectivity index (χ2v) is 2.74. The number of alkyl halides is 3. The van der Waals surface area contributed by atoms with Crippen molar-refractivity contribution in [3.05, 3.63) is 29.0 Å². The predicted molar refractivity (Wildman–Crippen MR) is 37.6 cm³/mol. The van der Waals surface area contributed by atoms with Crippen LogP contribution in [0.5, 0.6) is 0 Å². The van der Waals surface area contributed by atoms with Crippen LogP contribution in [0.25, 0.3) is 0 Å². The first-order valence-corrected chi connectivity index (χ1v) is 3.51. The van der Waals surface area contributed by atoms with E-state index in [1.807, 2.05) is 0 Å². The fraction of sp³-hybridized carbons (Fsp3) is 0.286. The molecule has 0 atom stereocenters. The van der Waals surface area contributed by atoms with Gasteiger partial charge in [0.1, 0.15) is 12.6 Å². The molecular weight excluding hydrogens is 191 g/mol. The van der Waals surface area contributed by atoms with Crippen molar-refractivity contribution in [2.24, 2.45) is 7.05 Å². The monoisotopic (exact) mass is 196 g/mol. The van der Waals surface area contributed by atoms with Crippen molar-refractivity contribution in [1.82, 2.24) is 0 Å². The average molecular weight is 197 g/mol. The second kappa shape index (κ2) is 2.94. The second-order valence-electron chi connectivity index (χ2n) is 2.35. The van der Waals surface area contributed by atoms with Crippen LogP contribution < -0.4 is 4.57 Å². The largest absolute Gasteiger partial charge is 0.422 e. The van der Waals surface area contributed by atoms with E-state index in [2.05, 4.69) is 0 Å². The summed E-state index contributed by atoms with van der Waals surface area (Å²) in [7, 11) is 1.46. The van der Waals surface area contributed by atoms with Crippen LogP contribution in [0.3, 0.4) is 0 Å². The van der Waals surface area contributed by atoms with Crippen LogP contribution in [-0.4, -0.2) is 0 Å². The summed E-state index contributed by atoms with van der Waals surface area (Å²) in [6, 6.07) is 2.16. The average Bonchev–Trinajstić information content (AvgIpc) is 1.92. The van der Waals surface area contributed by atoms with E-state index in [-0.39, 0.29) is 5.15 Å². The van der Waals surface area contributed by atoms with E-state index >= 15 is 0 Å². The molecule has 0 saturated carbocycles. The molecule has 1 heterocycles. The molecule has 1 rings (SSSR count). The third-order valence-electron chi connectivity index (χ3n) is 1.40. The smallest absolute Gasteiger partial charge is 0.191 e. The van der Waals surface area contributed by atoms with Crippen molar-refractivity contribution in [3.63, 3.8) is 0 Å². The molecule has 0 aromatic carbocycles. The zero-order valence-electron chi connectivity index (χ0n) is 6.19. The Hall–Kier alpha value is -0.770. The van der Waals surface area contributed by atoms with Gasteiger partial charge in [-0.3, -0.25) is 0 Å². The number of pyridine rings is 1. The summed E-state index contributed by atoms with van der Waals surface area (Å²) >= 11 is 5.53. The SMILES string of the molecule is C[n+]1cc(C(F)(F)F)ccc1Cl. The summed E-state index contributed by atoms with van der Waals surface area (Å²) in [5.41, 5.74) is -0.700. The lowest BCUT2D eigenvalue weighted by molar-refractivity contribution is -0.670. The molecule has 0 spiro atoms. The van der Waals surface area contributed by atoms with Gasteiger partial charge < -0.3 is 0 Å². The third kappa shape index (κ3) is 1.88. The maximum atomic E-state index is 12.0. The molecule has 1 nitrogen and oxygen atoms in total. The molecule has 12 heavy (non-hydrogen) atoms. The summed E-state index contributed by atoms with van der Waals surface area (Å²) in [6.45, 7) is 0. The van der Waals surface area contributed by atoms with E-state index in [4.69, 9.17) is 11.6 Å². The molecular formula is C7H6ClF3N+. The van der Waals surface area contributed by atoms with Crippen LogP contribution in [0.15, 0.2) is 18.3 Å². The van der Waals surface area contributed by atoms with Crippen molar-refractivity contribution in [2.45, 2.75) is 6.18 Å². The van der Waals surface area contributed by atoms with E-state index in [0.29, 0.717) is 0 Å². The number of aryl methyl sites for hydroxylation is 1. The lowest BCUT2D eigenvalue weighted by Gasteiger charge is -2.03. The molecule has 0 bridgehead atoms. The van der Waals surface area contributed by atoms with Gasteiger partial charge in [0.05, 0.1) is 0 Å². The Balaban J connectivity index is 3.14. The third-order valence-corrected chi connectivity index (χ3v) is 1.79. The van der Waals surface area contributed by atoms with Crippen LogP contribution in [0.1, 0.15) is 5.56 Å². The van der Waals surface area contributed by atoms with Gasteiger partial charge in [0, 0.05) is 6.07 Å². The molecule has 0 fully saturated rings. The molecule has 0 aliphatic heterocycles. The first kappa shape index (κ1) is 9.32. The minimum atomic E-state index is -4.30. The molecule has 0 N–H and O–H groups in total. The Morgan fingerprint density at radius 2 is 1.92 bits per heavy atom. The van der Waals surface area contributed by atoms with Crippen molar-refractivity contribution in [3.8, 4) is 0 Å². The first-order chi connectivity index (χ1) is 5.41. The maximum absolute atomic E-state index is 12.0. The molecule has 0 saturated heterocycles. The zero-order valence-corrected chi connectivity index (χ0v) is 6.95. The number of nitrogens with zero attached hydrogens (tertiary/aromatic N) is 1. The highest BCUT2D eigenvalue weighted by Gasteiger charge is 2.33. The number of aromatic nitrogens is 1. The van der Waals surface area contributed by atoms with E-state index in [0.717, 1.165) is 12.3 Å². The van der Waals surface area contributed by atoms with Gasteiger partial charge in [-0.15, -0.1) is 0 Å². The highest BCUT2D eigenvalue weighted by Crippen LogP contribution is 2.28. The van der Waals surface area contributed by atoms with Gasteiger partial charge in [0.25, 0.3) is 5.15 Å². The molecule has 0 unspecified atom stereocenters. The number of halogens is 4. The fourth-order valence-corrected chi connectivity index (χ4v) is 0.869. The fourth-order valence-electron chi connectivity index (χ4n) is 0.757. The lowest BCUT2D eigenvalue weighted by Crippen LogP contribution is -2.30. The van der Waals surface area contributed by atoms with Gasteiger partial charge >= 0.3 is 6.18 Å². The Morgan fingerprint density at radius 3 is 2.33 bits per heavy atom. The Bertz CT molecular complexity index is 295. The number of hydrogen-bond donors (Lipinski definition) is 0. The van der Waals surface area contributed by atoms with Gasteiger partial charge in [-0.2, -0.15) is 17.7 Å². The number of rotatable bonds is 0. The molecule has 1 aromatic heterocycles. The molecule has 0 amide bonds. The van der Waals surface area contributed by atoms with E-state index in [1.54, 1.807) is 0 Å². The van der Waals surface area contributed by atoms with Crippen molar-refractivity contribution < 1.29 is 17.7 Å². The lowest BCUT2D eigenvalue weighted by atomic mass is 10.3. The molecule has 1 aromatic rings. The number of hydrogen-bond acceptors (Lipinski definition) is 0. The van der Waals surface area contributed by atoms with Gasteiger partial charge in [-0.25, -0.2) is 0 Å². The van der Waals surface area contributed by atoms with E-state index < -0.39 is 11.7 Å². The Morgan fingerprint density at radius 1 is 1.33 bits per heavy atom. The molecule has 66 valence electrons. The highest BCUT2D eigenvalue weighted by atomic mass is 35.5. The minimum Gasteiger partial charge on any atom is -0.191 e. The van der Waals surface area contributed by atoms with Gasteiger partial charge in [0.2, 0.25) is 0 Å². The Kier molecular flexibility index (Phi) is 2.28. The van der Waals surface area contributed by atoms with Crippen molar-refractivity contribution in [2.75, 3.05) is 0 Å². The summed E-state index contributed by atoms with van der Waals surface area (Å²) in [6.07, 6.45) is -3.36. The van der Waals surface area contributed by atoms with E-state index in [1.165, 1.54) is 17.7 Å². The van der Waals surface area contributed by atoms with Crippen LogP contribution in [0.2, 0.25) is 5.15 Å². The summed E-state index contributed by atoms with van der Waals surface area (Å²) in [4.78, 5) is 0. The Labute approximate surface area is 72.4 Å². The summed E-state index contributed by atoms with van der Waals surface area (Å²) < 4.78 is 37.3. The normalized spacial score (nSPS) is 11.8. The topological polar surface area (TPSA) is 3.88 Å². The van der Waals surface area contributed by atoms with E-state index in [9.17, 15) is 13.2 Å². The van der Waals surface area contributed by atoms with Crippen LogP contribution >= 0.6 is 11.6 Å². The van der Waals surface area contributed by atoms with Crippen LogP contribution in [-0.2, 0) is 13.2 Å². The summed E-state index contributed by atoms with van der Waals surface area (Å²) in [5, 5.41) is 0.267. The van der Waals surface area contributed by atoms with Crippen molar-refractivity contribution >= 4 is 11.6 Å². The quantitative estimate of drug-likeness (QED) is 0.442. The van der Waals surface area contributed by atoms with Gasteiger partial charge in [-0.1, -0.05) is 0 Å². The molecule has 0 radical (unpaired) electrons.